The van der Waals surface area contributed by atoms with E-state index >= 15 is 0 Å². The predicted molar refractivity (Wildman–Crippen MR) is 80.8 cm³/mol. The Kier molecular flexibility index (Phi) is 8.05. The van der Waals surface area contributed by atoms with Gasteiger partial charge in [-0.2, -0.15) is 0 Å². The van der Waals surface area contributed by atoms with Crippen LogP contribution in [-0.4, -0.2) is 50.7 Å². The number of allylic oxidation sites excluding steroid dienone is 1. The molecule has 0 aliphatic heterocycles. The van der Waals surface area contributed by atoms with E-state index in [9.17, 15) is 9.59 Å². The summed E-state index contributed by atoms with van der Waals surface area (Å²) in [6.45, 7) is 2.84. The third-order valence-electron chi connectivity index (χ3n) is 3.81. The molecule has 1 atom stereocenters. The second-order valence-corrected chi connectivity index (χ2v) is 5.56. The molecule has 0 N–H and O–H groups in total. The maximum Gasteiger partial charge on any atom is 0.310 e. The molecule has 1 amide bonds. The Hall–Kier alpha value is -1.36. The summed E-state index contributed by atoms with van der Waals surface area (Å²) in [5, 5.41) is 0. The van der Waals surface area contributed by atoms with Crippen molar-refractivity contribution in [3.8, 4) is 0 Å². The van der Waals surface area contributed by atoms with E-state index in [1.54, 1.807) is 11.8 Å². The normalized spacial score (nSPS) is 16.0. The molecule has 1 aliphatic rings. The average molecular weight is 297 g/mol. The summed E-state index contributed by atoms with van der Waals surface area (Å²) in [5.41, 5.74) is 1.42. The van der Waals surface area contributed by atoms with Crippen LogP contribution in [0.1, 0.15) is 39.0 Å². The minimum absolute atomic E-state index is 0.0486. The minimum Gasteiger partial charge on any atom is -0.469 e. The lowest BCUT2D eigenvalue weighted by Gasteiger charge is -2.26. The smallest absolute Gasteiger partial charge is 0.310 e. The van der Waals surface area contributed by atoms with Gasteiger partial charge in [-0.15, -0.1) is 0 Å². The van der Waals surface area contributed by atoms with Gasteiger partial charge in [-0.3, -0.25) is 9.59 Å². The second-order valence-electron chi connectivity index (χ2n) is 5.56. The lowest BCUT2D eigenvalue weighted by Crippen LogP contribution is -2.40. The van der Waals surface area contributed by atoms with Gasteiger partial charge in [0.1, 0.15) is 6.61 Å². The highest BCUT2D eigenvalue weighted by molar-refractivity contribution is 5.79. The van der Waals surface area contributed by atoms with E-state index in [4.69, 9.17) is 9.47 Å². The van der Waals surface area contributed by atoms with Crippen molar-refractivity contribution < 1.29 is 19.1 Å². The Balaban J connectivity index is 2.56. The van der Waals surface area contributed by atoms with Crippen molar-refractivity contribution in [2.24, 2.45) is 5.92 Å². The molecule has 1 aliphatic carbocycles. The molecule has 1 unspecified atom stereocenters. The van der Waals surface area contributed by atoms with Gasteiger partial charge in [0.05, 0.1) is 13.0 Å². The molecule has 21 heavy (non-hydrogen) atoms. The summed E-state index contributed by atoms with van der Waals surface area (Å²) in [6.07, 6.45) is 7.92. The lowest BCUT2D eigenvalue weighted by atomic mass is 9.97. The zero-order valence-corrected chi connectivity index (χ0v) is 13.4. The fraction of sp³-hybridized carbons (Fsp3) is 0.750. The van der Waals surface area contributed by atoms with Crippen molar-refractivity contribution in [2.75, 3.05) is 33.9 Å². The Morgan fingerprint density at radius 1 is 1.33 bits per heavy atom. The Bertz CT molecular complexity index is 378. The number of amides is 1. The van der Waals surface area contributed by atoms with E-state index in [1.807, 2.05) is 0 Å². The second kappa shape index (κ2) is 9.55. The topological polar surface area (TPSA) is 55.8 Å². The van der Waals surface area contributed by atoms with Gasteiger partial charge in [-0.1, -0.05) is 18.6 Å². The summed E-state index contributed by atoms with van der Waals surface area (Å²) in [4.78, 5) is 25.3. The molecular formula is C16H27NO4. The van der Waals surface area contributed by atoms with Gasteiger partial charge >= 0.3 is 5.97 Å². The average Bonchev–Trinajstić information content (AvgIpc) is 2.51. The van der Waals surface area contributed by atoms with Crippen molar-refractivity contribution in [1.82, 2.24) is 4.90 Å². The molecule has 0 aromatic carbocycles. The van der Waals surface area contributed by atoms with E-state index in [0.717, 1.165) is 19.3 Å². The molecule has 0 aromatic rings. The summed E-state index contributed by atoms with van der Waals surface area (Å²) in [6, 6.07) is 0. The molecule has 0 saturated heterocycles. The predicted octanol–water partition coefficient (Wildman–Crippen LogP) is 2.16. The van der Waals surface area contributed by atoms with Crippen LogP contribution in [0.4, 0.5) is 0 Å². The summed E-state index contributed by atoms with van der Waals surface area (Å²) in [5.74, 6) is -0.692. The first-order valence-corrected chi connectivity index (χ1v) is 7.61. The number of methoxy groups -OCH3 is 2. The number of nitrogens with zero attached hydrogens (tertiary/aromatic N) is 1. The number of carbonyl (C=O) groups is 2. The van der Waals surface area contributed by atoms with Crippen molar-refractivity contribution in [3.63, 3.8) is 0 Å². The molecule has 1 rings (SSSR count). The zero-order chi connectivity index (χ0) is 15.7. The van der Waals surface area contributed by atoms with E-state index in [0.29, 0.717) is 13.1 Å². The van der Waals surface area contributed by atoms with Gasteiger partial charge in [0, 0.05) is 20.2 Å². The standard InChI is InChI=1S/C16H27NO4/c1-13(16(19)21-3)11-17(15(18)12-20-2)10-9-14-7-5-4-6-8-14/h7,13H,4-6,8-12H2,1-3H3. The SMILES string of the molecule is COCC(=O)N(CCC1=CCCCC1)CC(C)C(=O)OC. The van der Waals surface area contributed by atoms with Crippen LogP contribution >= 0.6 is 0 Å². The van der Waals surface area contributed by atoms with Crippen molar-refractivity contribution in [2.45, 2.75) is 39.0 Å². The number of carbonyl (C=O) groups excluding carboxylic acids is 2. The molecule has 0 radical (unpaired) electrons. The Morgan fingerprint density at radius 3 is 2.67 bits per heavy atom. The molecule has 0 aromatic heterocycles. The first kappa shape index (κ1) is 17.7. The highest BCUT2D eigenvalue weighted by atomic mass is 16.5. The van der Waals surface area contributed by atoms with Crippen LogP contribution in [0.5, 0.6) is 0 Å². The number of esters is 1. The van der Waals surface area contributed by atoms with Gasteiger partial charge < -0.3 is 14.4 Å². The molecule has 120 valence electrons. The van der Waals surface area contributed by atoms with Crippen LogP contribution in [0.25, 0.3) is 0 Å². The summed E-state index contributed by atoms with van der Waals surface area (Å²) in [7, 11) is 2.87. The van der Waals surface area contributed by atoms with Gasteiger partial charge in [0.15, 0.2) is 0 Å². The maximum atomic E-state index is 12.1. The fourth-order valence-corrected chi connectivity index (χ4v) is 2.55. The van der Waals surface area contributed by atoms with Crippen LogP contribution in [0.2, 0.25) is 0 Å². The van der Waals surface area contributed by atoms with E-state index in [-0.39, 0.29) is 24.4 Å². The van der Waals surface area contributed by atoms with Gasteiger partial charge in [-0.05, 0) is 32.1 Å². The van der Waals surface area contributed by atoms with E-state index < -0.39 is 0 Å². The van der Waals surface area contributed by atoms with Crippen LogP contribution in [0.15, 0.2) is 11.6 Å². The summed E-state index contributed by atoms with van der Waals surface area (Å²) >= 11 is 0. The number of rotatable bonds is 8. The monoisotopic (exact) mass is 297 g/mol. The van der Waals surface area contributed by atoms with Gasteiger partial charge in [0.2, 0.25) is 5.91 Å². The van der Waals surface area contributed by atoms with Gasteiger partial charge in [0.25, 0.3) is 0 Å². The fourth-order valence-electron chi connectivity index (χ4n) is 2.55. The van der Waals surface area contributed by atoms with Crippen LogP contribution in [0, 0.1) is 5.92 Å². The Labute approximate surface area is 127 Å². The Morgan fingerprint density at radius 2 is 2.10 bits per heavy atom. The highest BCUT2D eigenvalue weighted by Crippen LogP contribution is 2.20. The quantitative estimate of drug-likeness (QED) is 0.509. The van der Waals surface area contributed by atoms with Crippen molar-refractivity contribution in [1.29, 1.82) is 0 Å². The third kappa shape index (κ3) is 6.29. The third-order valence-corrected chi connectivity index (χ3v) is 3.81. The molecule has 5 nitrogen and oxygen atoms in total. The largest absolute Gasteiger partial charge is 0.469 e. The van der Waals surface area contributed by atoms with E-state index in [2.05, 4.69) is 6.08 Å². The molecule has 0 spiro atoms. The van der Waals surface area contributed by atoms with Crippen LogP contribution in [-0.2, 0) is 19.1 Å². The van der Waals surface area contributed by atoms with Crippen molar-refractivity contribution in [3.05, 3.63) is 11.6 Å². The first-order chi connectivity index (χ1) is 10.1. The van der Waals surface area contributed by atoms with Crippen molar-refractivity contribution >= 4 is 11.9 Å². The van der Waals surface area contributed by atoms with Gasteiger partial charge in [-0.25, -0.2) is 0 Å². The summed E-state index contributed by atoms with van der Waals surface area (Å²) < 4.78 is 9.65. The van der Waals surface area contributed by atoms with E-state index in [1.165, 1.54) is 32.6 Å². The molecule has 5 heteroatoms. The van der Waals surface area contributed by atoms with Crippen LogP contribution < -0.4 is 0 Å². The molecule has 0 fully saturated rings. The first-order valence-electron chi connectivity index (χ1n) is 7.61. The molecule has 0 saturated carbocycles. The molecule has 0 heterocycles. The molecular weight excluding hydrogens is 270 g/mol. The maximum absolute atomic E-state index is 12.1. The zero-order valence-electron chi connectivity index (χ0n) is 13.4. The van der Waals surface area contributed by atoms with Crippen LogP contribution in [0.3, 0.4) is 0 Å². The lowest BCUT2D eigenvalue weighted by molar-refractivity contribution is -0.147. The highest BCUT2D eigenvalue weighted by Gasteiger charge is 2.21. The molecule has 0 bridgehead atoms. The number of hydrogen-bond acceptors (Lipinski definition) is 4. The number of hydrogen-bond donors (Lipinski definition) is 0. The minimum atomic E-state index is -0.323. The number of ether oxygens (including phenoxy) is 2.